The van der Waals surface area contributed by atoms with Crippen molar-refractivity contribution in [1.29, 1.82) is 0 Å². The Balaban J connectivity index is 3.19. The van der Waals surface area contributed by atoms with E-state index in [2.05, 4.69) is 21.1 Å². The van der Waals surface area contributed by atoms with Crippen LogP contribution in [0.3, 0.4) is 0 Å². The molecule has 1 aromatic carbocycles. The third-order valence-corrected chi connectivity index (χ3v) is 2.40. The molecule has 0 atom stereocenters. The molecule has 0 aromatic heterocycles. The van der Waals surface area contributed by atoms with Crippen LogP contribution in [0, 0.1) is 0 Å². The molecule has 0 amide bonds. The van der Waals surface area contributed by atoms with Gasteiger partial charge in [-0.1, -0.05) is 21.1 Å². The zero-order valence-corrected chi connectivity index (χ0v) is 9.00. The minimum atomic E-state index is 0.547. The predicted octanol–water partition coefficient (Wildman–Crippen LogP) is 2.66. The first-order valence-electron chi connectivity index (χ1n) is 3.71. The lowest BCUT2D eigenvalue weighted by Gasteiger charge is -2.05. The summed E-state index contributed by atoms with van der Waals surface area (Å²) in [5, 5.41) is 11.7. The van der Waals surface area contributed by atoms with Crippen LogP contribution in [-0.4, -0.2) is 18.0 Å². The number of ether oxygens (including phenoxy) is 1. The number of nitrogens with zero attached hydrogens (tertiary/aromatic N) is 1. The predicted molar refractivity (Wildman–Crippen MR) is 54.7 cm³/mol. The van der Waals surface area contributed by atoms with Crippen LogP contribution in [0.2, 0.25) is 0 Å². The zero-order chi connectivity index (χ0) is 9.84. The van der Waals surface area contributed by atoms with Crippen LogP contribution in [0.4, 0.5) is 0 Å². The van der Waals surface area contributed by atoms with Gasteiger partial charge in [-0.2, -0.15) is 0 Å². The molecule has 0 bridgehead atoms. The Morgan fingerprint density at radius 1 is 1.54 bits per heavy atom. The molecule has 0 saturated carbocycles. The van der Waals surface area contributed by atoms with Crippen LogP contribution in [0.1, 0.15) is 12.5 Å². The fourth-order valence-electron chi connectivity index (χ4n) is 0.962. The Kier molecular flexibility index (Phi) is 3.31. The average Bonchev–Trinajstić information content (AvgIpc) is 2.17. The quantitative estimate of drug-likeness (QED) is 0.493. The Bertz CT molecular complexity index is 336. The normalized spacial score (nSPS) is 11.5. The highest BCUT2D eigenvalue weighted by molar-refractivity contribution is 9.10. The monoisotopic (exact) mass is 243 g/mol. The molecule has 0 spiro atoms. The Morgan fingerprint density at radius 3 is 2.77 bits per heavy atom. The molecule has 0 unspecified atom stereocenters. The van der Waals surface area contributed by atoms with E-state index in [1.165, 1.54) is 0 Å². The smallest absolute Gasteiger partial charge is 0.119 e. The van der Waals surface area contributed by atoms with Gasteiger partial charge in [-0.3, -0.25) is 0 Å². The molecular formula is C9H10BrNO2. The number of oxime groups is 1. The van der Waals surface area contributed by atoms with Gasteiger partial charge >= 0.3 is 0 Å². The second-order valence-corrected chi connectivity index (χ2v) is 3.39. The Morgan fingerprint density at radius 2 is 2.23 bits per heavy atom. The molecule has 0 saturated heterocycles. The standard InChI is InChI=1S/C9H10BrNO2/c1-6(11-12)8-5-7(13-2)3-4-9(8)10/h3-5,12H,1-2H3/b11-6+. The summed E-state index contributed by atoms with van der Waals surface area (Å²) in [6.07, 6.45) is 0. The molecule has 0 aliphatic rings. The van der Waals surface area contributed by atoms with E-state index in [4.69, 9.17) is 9.94 Å². The van der Waals surface area contributed by atoms with Crippen LogP contribution in [0.15, 0.2) is 27.8 Å². The summed E-state index contributed by atoms with van der Waals surface area (Å²) in [5.74, 6) is 0.737. The van der Waals surface area contributed by atoms with Gasteiger partial charge in [0, 0.05) is 10.0 Å². The molecule has 3 nitrogen and oxygen atoms in total. The molecule has 1 N–H and O–H groups in total. The van der Waals surface area contributed by atoms with E-state index >= 15 is 0 Å². The van der Waals surface area contributed by atoms with E-state index in [0.717, 1.165) is 15.8 Å². The Labute approximate surface area is 85.2 Å². The number of halogens is 1. The van der Waals surface area contributed by atoms with Gasteiger partial charge in [-0.25, -0.2) is 0 Å². The maximum absolute atomic E-state index is 8.60. The first kappa shape index (κ1) is 10.1. The highest BCUT2D eigenvalue weighted by atomic mass is 79.9. The molecular weight excluding hydrogens is 234 g/mol. The Hall–Kier alpha value is -1.03. The van der Waals surface area contributed by atoms with Crippen molar-refractivity contribution in [2.45, 2.75) is 6.92 Å². The van der Waals surface area contributed by atoms with Crippen LogP contribution in [-0.2, 0) is 0 Å². The van der Waals surface area contributed by atoms with Gasteiger partial charge in [0.25, 0.3) is 0 Å². The van der Waals surface area contributed by atoms with Gasteiger partial charge in [0.1, 0.15) is 5.75 Å². The molecule has 13 heavy (non-hydrogen) atoms. The van der Waals surface area contributed by atoms with Gasteiger partial charge in [-0.05, 0) is 25.1 Å². The summed E-state index contributed by atoms with van der Waals surface area (Å²) < 4.78 is 5.93. The average molecular weight is 244 g/mol. The molecule has 1 rings (SSSR count). The van der Waals surface area contributed by atoms with Crippen LogP contribution < -0.4 is 4.74 Å². The van der Waals surface area contributed by atoms with Crippen molar-refractivity contribution < 1.29 is 9.94 Å². The third kappa shape index (κ3) is 2.21. The number of benzene rings is 1. The first-order chi connectivity index (χ1) is 6.19. The van der Waals surface area contributed by atoms with Gasteiger partial charge in [0.15, 0.2) is 0 Å². The molecule has 0 aliphatic carbocycles. The van der Waals surface area contributed by atoms with Gasteiger partial charge in [0.05, 0.1) is 12.8 Å². The number of hydrogen-bond donors (Lipinski definition) is 1. The summed E-state index contributed by atoms with van der Waals surface area (Å²) in [6.45, 7) is 1.72. The van der Waals surface area contributed by atoms with Crippen LogP contribution >= 0.6 is 15.9 Å². The lowest BCUT2D eigenvalue weighted by Crippen LogP contribution is -1.96. The molecule has 0 heterocycles. The lowest BCUT2D eigenvalue weighted by molar-refractivity contribution is 0.319. The molecule has 70 valence electrons. The second-order valence-electron chi connectivity index (χ2n) is 2.53. The van der Waals surface area contributed by atoms with Crippen LogP contribution in [0.5, 0.6) is 5.75 Å². The van der Waals surface area contributed by atoms with Crippen LogP contribution in [0.25, 0.3) is 0 Å². The van der Waals surface area contributed by atoms with Crippen molar-refractivity contribution in [1.82, 2.24) is 0 Å². The topological polar surface area (TPSA) is 41.8 Å². The summed E-state index contributed by atoms with van der Waals surface area (Å²) in [5.41, 5.74) is 1.37. The van der Waals surface area contributed by atoms with E-state index in [1.807, 2.05) is 12.1 Å². The van der Waals surface area contributed by atoms with Crippen molar-refractivity contribution >= 4 is 21.6 Å². The van der Waals surface area contributed by atoms with E-state index in [0.29, 0.717) is 5.71 Å². The third-order valence-electron chi connectivity index (χ3n) is 1.71. The largest absolute Gasteiger partial charge is 0.497 e. The highest BCUT2D eigenvalue weighted by Crippen LogP contribution is 2.22. The maximum atomic E-state index is 8.60. The first-order valence-corrected chi connectivity index (χ1v) is 4.51. The minimum Gasteiger partial charge on any atom is -0.497 e. The van der Waals surface area contributed by atoms with Gasteiger partial charge in [-0.15, -0.1) is 0 Å². The highest BCUT2D eigenvalue weighted by Gasteiger charge is 2.05. The fraction of sp³-hybridized carbons (Fsp3) is 0.222. The molecule has 0 radical (unpaired) electrons. The lowest BCUT2D eigenvalue weighted by atomic mass is 10.1. The number of hydrogen-bond acceptors (Lipinski definition) is 3. The maximum Gasteiger partial charge on any atom is 0.119 e. The summed E-state index contributed by atoms with van der Waals surface area (Å²) >= 11 is 3.35. The van der Waals surface area contributed by atoms with Gasteiger partial charge < -0.3 is 9.94 Å². The molecule has 1 aromatic rings. The van der Waals surface area contributed by atoms with Gasteiger partial charge in [0.2, 0.25) is 0 Å². The van der Waals surface area contributed by atoms with E-state index < -0.39 is 0 Å². The van der Waals surface area contributed by atoms with Crippen molar-refractivity contribution in [2.24, 2.45) is 5.16 Å². The molecule has 0 aliphatic heterocycles. The van der Waals surface area contributed by atoms with Crippen molar-refractivity contribution in [3.63, 3.8) is 0 Å². The fourth-order valence-corrected chi connectivity index (χ4v) is 1.50. The SMILES string of the molecule is COc1ccc(Br)c(/C(C)=N/O)c1. The summed E-state index contributed by atoms with van der Waals surface area (Å²) in [7, 11) is 1.60. The summed E-state index contributed by atoms with van der Waals surface area (Å²) in [6, 6.07) is 5.49. The zero-order valence-electron chi connectivity index (χ0n) is 7.41. The van der Waals surface area contributed by atoms with E-state index in [-0.39, 0.29) is 0 Å². The number of methoxy groups -OCH3 is 1. The number of rotatable bonds is 2. The van der Waals surface area contributed by atoms with E-state index in [1.54, 1.807) is 20.1 Å². The summed E-state index contributed by atoms with van der Waals surface area (Å²) in [4.78, 5) is 0. The van der Waals surface area contributed by atoms with Crippen molar-refractivity contribution in [3.8, 4) is 5.75 Å². The van der Waals surface area contributed by atoms with Crippen molar-refractivity contribution in [2.75, 3.05) is 7.11 Å². The molecule has 4 heteroatoms. The van der Waals surface area contributed by atoms with E-state index in [9.17, 15) is 0 Å². The molecule has 0 fully saturated rings. The minimum absolute atomic E-state index is 0.547. The van der Waals surface area contributed by atoms with Crippen molar-refractivity contribution in [3.05, 3.63) is 28.2 Å². The second kappa shape index (κ2) is 4.28.